The molecule has 0 unspecified atom stereocenters. The zero-order chi connectivity index (χ0) is 13.9. The number of hydrogen-bond donors (Lipinski definition) is 0. The van der Waals surface area contributed by atoms with Crippen LogP contribution >= 0.6 is 0 Å². The highest BCUT2D eigenvalue weighted by Crippen LogP contribution is 2.34. The Morgan fingerprint density at radius 3 is 2.80 bits per heavy atom. The summed E-state index contributed by atoms with van der Waals surface area (Å²) in [5, 5.41) is 0. The largest absolute Gasteiger partial charge is 0.375 e. The second-order valence-corrected chi connectivity index (χ2v) is 6.56. The van der Waals surface area contributed by atoms with E-state index in [4.69, 9.17) is 4.74 Å². The summed E-state index contributed by atoms with van der Waals surface area (Å²) in [6.45, 7) is 7.23. The predicted molar refractivity (Wildman–Crippen MR) is 82.2 cm³/mol. The normalized spacial score (nSPS) is 23.4. The molecule has 3 rings (SSSR count). The Balaban J connectivity index is 1.57. The number of rotatable bonds is 5. The molecule has 1 aliphatic heterocycles. The summed E-state index contributed by atoms with van der Waals surface area (Å²) < 4.78 is 5.91. The lowest BCUT2D eigenvalue weighted by atomic mass is 10.1. The van der Waals surface area contributed by atoms with E-state index in [9.17, 15) is 0 Å². The van der Waals surface area contributed by atoms with Gasteiger partial charge in [0.1, 0.15) is 0 Å². The molecule has 0 aromatic carbocycles. The van der Waals surface area contributed by atoms with Crippen molar-refractivity contribution in [2.45, 2.75) is 51.6 Å². The molecule has 0 bridgehead atoms. The third-order valence-corrected chi connectivity index (χ3v) is 4.46. The van der Waals surface area contributed by atoms with Crippen molar-refractivity contribution in [1.29, 1.82) is 0 Å². The van der Waals surface area contributed by atoms with Crippen molar-refractivity contribution in [1.82, 2.24) is 4.98 Å². The molecule has 0 spiro atoms. The van der Waals surface area contributed by atoms with Crippen molar-refractivity contribution < 1.29 is 4.74 Å². The molecule has 1 aromatic heterocycles. The molecule has 1 aliphatic carbocycles. The molecule has 1 saturated carbocycles. The Hall–Kier alpha value is -1.09. The van der Waals surface area contributed by atoms with Gasteiger partial charge in [-0.05, 0) is 36.8 Å². The van der Waals surface area contributed by atoms with Crippen LogP contribution in [0.15, 0.2) is 18.3 Å². The minimum atomic E-state index is 0.411. The molecule has 1 saturated heterocycles. The summed E-state index contributed by atoms with van der Waals surface area (Å²) in [6, 6.07) is 4.38. The first-order valence-corrected chi connectivity index (χ1v) is 8.05. The van der Waals surface area contributed by atoms with Crippen LogP contribution in [0.4, 0.5) is 5.69 Å². The fourth-order valence-corrected chi connectivity index (χ4v) is 2.88. The lowest BCUT2D eigenvalue weighted by Crippen LogP contribution is -2.42. The minimum absolute atomic E-state index is 0.411. The molecule has 1 aromatic rings. The molecular weight excluding hydrogens is 248 g/mol. The van der Waals surface area contributed by atoms with E-state index in [-0.39, 0.29) is 0 Å². The number of aromatic nitrogens is 1. The summed E-state index contributed by atoms with van der Waals surface area (Å²) >= 11 is 0. The van der Waals surface area contributed by atoms with E-state index in [1.807, 2.05) is 6.20 Å². The van der Waals surface area contributed by atoms with E-state index in [0.717, 1.165) is 25.6 Å². The third kappa shape index (κ3) is 3.51. The highest BCUT2D eigenvalue weighted by molar-refractivity contribution is 5.45. The molecule has 110 valence electrons. The Labute approximate surface area is 122 Å². The molecule has 2 fully saturated rings. The summed E-state index contributed by atoms with van der Waals surface area (Å²) in [7, 11) is 0. The van der Waals surface area contributed by atoms with Gasteiger partial charge in [0.05, 0.1) is 24.6 Å². The maximum atomic E-state index is 5.91. The number of hydrogen-bond acceptors (Lipinski definition) is 3. The Kier molecular flexibility index (Phi) is 4.25. The molecule has 20 heavy (non-hydrogen) atoms. The van der Waals surface area contributed by atoms with Gasteiger partial charge in [0, 0.05) is 18.8 Å². The fraction of sp³-hybridized carbons (Fsp3) is 0.706. The van der Waals surface area contributed by atoms with Crippen LogP contribution in [0.1, 0.15) is 51.1 Å². The highest BCUT2D eigenvalue weighted by atomic mass is 16.5. The van der Waals surface area contributed by atoms with Crippen molar-refractivity contribution in [3.05, 3.63) is 24.0 Å². The first-order chi connectivity index (χ1) is 9.72. The summed E-state index contributed by atoms with van der Waals surface area (Å²) in [5.74, 6) is 1.50. The van der Waals surface area contributed by atoms with E-state index >= 15 is 0 Å². The molecule has 0 radical (unpaired) electrons. The van der Waals surface area contributed by atoms with Gasteiger partial charge < -0.3 is 9.64 Å². The lowest BCUT2D eigenvalue weighted by Gasteiger charge is -2.34. The van der Waals surface area contributed by atoms with Crippen LogP contribution < -0.4 is 4.90 Å². The van der Waals surface area contributed by atoms with Crippen LogP contribution in [-0.2, 0) is 4.74 Å². The van der Waals surface area contributed by atoms with E-state index in [1.54, 1.807) is 0 Å². The summed E-state index contributed by atoms with van der Waals surface area (Å²) in [6.07, 6.45) is 7.89. The van der Waals surface area contributed by atoms with Crippen LogP contribution in [0, 0.1) is 5.92 Å². The lowest BCUT2D eigenvalue weighted by molar-refractivity contribution is 0.0330. The van der Waals surface area contributed by atoms with Crippen LogP contribution in [0.25, 0.3) is 0 Å². The standard InChI is InChI=1S/C17H26N2O/c1-13(2)17-8-6-15(11-18-17)19-9-10-20-16(12-19)7-5-14-3-4-14/h6,8,11,13-14,16H,3-5,7,9-10,12H2,1-2H3/t16-/m0/s1. The smallest absolute Gasteiger partial charge is 0.0750 e. The maximum absolute atomic E-state index is 5.91. The average Bonchev–Trinajstić information content (AvgIpc) is 3.30. The van der Waals surface area contributed by atoms with Gasteiger partial charge in [-0.25, -0.2) is 0 Å². The zero-order valence-corrected chi connectivity index (χ0v) is 12.7. The van der Waals surface area contributed by atoms with Crippen LogP contribution in [-0.4, -0.2) is 30.8 Å². The van der Waals surface area contributed by atoms with Crippen molar-refractivity contribution in [3.8, 4) is 0 Å². The van der Waals surface area contributed by atoms with Gasteiger partial charge in [0.15, 0.2) is 0 Å². The van der Waals surface area contributed by atoms with Crippen molar-refractivity contribution in [2.24, 2.45) is 5.92 Å². The van der Waals surface area contributed by atoms with Gasteiger partial charge in [-0.2, -0.15) is 0 Å². The fourth-order valence-electron chi connectivity index (χ4n) is 2.88. The highest BCUT2D eigenvalue weighted by Gasteiger charge is 2.26. The van der Waals surface area contributed by atoms with Gasteiger partial charge in [0.25, 0.3) is 0 Å². The quantitative estimate of drug-likeness (QED) is 0.820. The predicted octanol–water partition coefficient (Wildman–Crippen LogP) is 3.60. The first kappa shape index (κ1) is 13.9. The Morgan fingerprint density at radius 1 is 1.30 bits per heavy atom. The molecule has 3 heteroatoms. The monoisotopic (exact) mass is 274 g/mol. The van der Waals surface area contributed by atoms with Crippen molar-refractivity contribution in [3.63, 3.8) is 0 Å². The minimum Gasteiger partial charge on any atom is -0.375 e. The van der Waals surface area contributed by atoms with Gasteiger partial charge in [0.2, 0.25) is 0 Å². The summed E-state index contributed by atoms with van der Waals surface area (Å²) in [4.78, 5) is 7.01. The number of ether oxygens (including phenoxy) is 1. The van der Waals surface area contributed by atoms with E-state index in [0.29, 0.717) is 12.0 Å². The average molecular weight is 274 g/mol. The van der Waals surface area contributed by atoms with Gasteiger partial charge in [-0.3, -0.25) is 4.98 Å². The molecule has 1 atom stereocenters. The van der Waals surface area contributed by atoms with Crippen LogP contribution in [0.3, 0.4) is 0 Å². The second kappa shape index (κ2) is 6.13. The van der Waals surface area contributed by atoms with Crippen molar-refractivity contribution in [2.75, 3.05) is 24.6 Å². The Bertz CT molecular complexity index is 425. The van der Waals surface area contributed by atoms with Gasteiger partial charge >= 0.3 is 0 Å². The van der Waals surface area contributed by atoms with Gasteiger partial charge in [-0.15, -0.1) is 0 Å². The number of pyridine rings is 1. The van der Waals surface area contributed by atoms with E-state index in [1.165, 1.54) is 37.1 Å². The van der Waals surface area contributed by atoms with Crippen LogP contribution in [0.2, 0.25) is 0 Å². The maximum Gasteiger partial charge on any atom is 0.0750 e. The van der Waals surface area contributed by atoms with E-state index < -0.39 is 0 Å². The molecule has 0 N–H and O–H groups in total. The van der Waals surface area contributed by atoms with Crippen molar-refractivity contribution >= 4 is 5.69 Å². The number of morpholine rings is 1. The molecule has 0 amide bonds. The summed E-state index contributed by atoms with van der Waals surface area (Å²) in [5.41, 5.74) is 2.42. The van der Waals surface area contributed by atoms with E-state index in [2.05, 4.69) is 35.9 Å². The SMILES string of the molecule is CC(C)c1ccc(N2CCO[C@@H](CCC3CC3)C2)cn1. The third-order valence-electron chi connectivity index (χ3n) is 4.46. The molecule has 3 nitrogen and oxygen atoms in total. The zero-order valence-electron chi connectivity index (χ0n) is 12.7. The molecule has 2 heterocycles. The number of anilines is 1. The van der Waals surface area contributed by atoms with Gasteiger partial charge in [-0.1, -0.05) is 26.7 Å². The molecular formula is C17H26N2O. The Morgan fingerprint density at radius 2 is 2.15 bits per heavy atom. The molecule has 2 aliphatic rings. The van der Waals surface area contributed by atoms with Crippen LogP contribution in [0.5, 0.6) is 0 Å². The second-order valence-electron chi connectivity index (χ2n) is 6.56. The topological polar surface area (TPSA) is 25.4 Å². The first-order valence-electron chi connectivity index (χ1n) is 8.05. The number of nitrogens with zero attached hydrogens (tertiary/aromatic N) is 2.